The van der Waals surface area contributed by atoms with Gasteiger partial charge in [0.15, 0.2) is 0 Å². The van der Waals surface area contributed by atoms with Gasteiger partial charge in [0.1, 0.15) is 0 Å². The molecule has 1 aromatic carbocycles. The number of benzene rings is 1. The number of nitrogens with two attached hydrogens (primary N) is 2. The first-order chi connectivity index (χ1) is 9.01. The first-order valence-electron chi connectivity index (χ1n) is 6.49. The van der Waals surface area contributed by atoms with Crippen LogP contribution in [0.4, 0.5) is 11.4 Å². The number of nitrogens with zero attached hydrogens (tertiary/aromatic N) is 1. The van der Waals surface area contributed by atoms with E-state index >= 15 is 0 Å². The van der Waals surface area contributed by atoms with Crippen LogP contribution in [0.25, 0.3) is 0 Å². The van der Waals surface area contributed by atoms with Crippen molar-refractivity contribution < 1.29 is 9.53 Å². The molecular formula is C14H21N3O2. The molecule has 0 bridgehead atoms. The molecule has 19 heavy (non-hydrogen) atoms. The fourth-order valence-corrected chi connectivity index (χ4v) is 2.51. The molecule has 0 spiro atoms. The number of methoxy groups -OCH3 is 1. The maximum absolute atomic E-state index is 12.4. The Hall–Kier alpha value is -1.75. The molecule has 1 saturated heterocycles. The Balaban J connectivity index is 2.15. The third kappa shape index (κ3) is 2.98. The predicted molar refractivity (Wildman–Crippen MR) is 75.7 cm³/mol. The highest BCUT2D eigenvalue weighted by molar-refractivity contribution is 5.96. The van der Waals surface area contributed by atoms with E-state index < -0.39 is 0 Å². The summed E-state index contributed by atoms with van der Waals surface area (Å²) in [5.41, 5.74) is 13.0. The minimum atomic E-state index is -0.0343. The minimum absolute atomic E-state index is 0.0343. The molecule has 0 saturated carbocycles. The number of anilines is 2. The van der Waals surface area contributed by atoms with Gasteiger partial charge in [0.25, 0.3) is 5.91 Å². The number of carbonyl (C=O) groups excluding carboxylic acids is 1. The van der Waals surface area contributed by atoms with Crippen LogP contribution in [0.3, 0.4) is 0 Å². The third-order valence-electron chi connectivity index (χ3n) is 3.70. The number of hydrogen-bond donors (Lipinski definition) is 2. The highest BCUT2D eigenvalue weighted by Crippen LogP contribution is 2.22. The number of likely N-dealkylation sites (tertiary alicyclic amines) is 1. The first kappa shape index (κ1) is 13.7. The van der Waals surface area contributed by atoms with E-state index in [2.05, 4.69) is 6.92 Å². The van der Waals surface area contributed by atoms with E-state index in [-0.39, 0.29) is 12.0 Å². The first-order valence-corrected chi connectivity index (χ1v) is 6.49. The van der Waals surface area contributed by atoms with E-state index in [4.69, 9.17) is 16.2 Å². The SMILES string of the molecule is COC1CN(C(=O)c2cc(N)cc(N)c2)CCC1C. The standard InChI is InChI=1S/C14H21N3O2/c1-9-3-4-17(8-13(9)19-2)14(18)10-5-11(15)7-12(16)6-10/h5-7,9,13H,3-4,8,15-16H2,1-2H3. The van der Waals surface area contributed by atoms with Crippen LogP contribution in [0.2, 0.25) is 0 Å². The van der Waals surface area contributed by atoms with Crippen LogP contribution in [0, 0.1) is 5.92 Å². The average Bonchev–Trinajstić information content (AvgIpc) is 2.37. The Bertz CT molecular complexity index is 456. The lowest BCUT2D eigenvalue weighted by atomic mass is 9.95. The van der Waals surface area contributed by atoms with Gasteiger partial charge in [0.2, 0.25) is 0 Å². The van der Waals surface area contributed by atoms with Crippen molar-refractivity contribution in [2.24, 2.45) is 5.92 Å². The second-order valence-electron chi connectivity index (χ2n) is 5.18. The Morgan fingerprint density at radius 3 is 2.53 bits per heavy atom. The zero-order valence-electron chi connectivity index (χ0n) is 11.4. The summed E-state index contributed by atoms with van der Waals surface area (Å²) in [6, 6.07) is 4.98. The summed E-state index contributed by atoms with van der Waals surface area (Å²) in [4.78, 5) is 14.2. The number of piperidine rings is 1. The average molecular weight is 263 g/mol. The molecule has 1 heterocycles. The normalized spacial score (nSPS) is 23.4. The van der Waals surface area contributed by atoms with Gasteiger partial charge in [-0.25, -0.2) is 0 Å². The summed E-state index contributed by atoms with van der Waals surface area (Å²) < 4.78 is 5.42. The predicted octanol–water partition coefficient (Wildman–Crippen LogP) is 1.35. The van der Waals surface area contributed by atoms with Gasteiger partial charge >= 0.3 is 0 Å². The van der Waals surface area contributed by atoms with Gasteiger partial charge in [0, 0.05) is 37.1 Å². The van der Waals surface area contributed by atoms with Crippen molar-refractivity contribution in [3.63, 3.8) is 0 Å². The van der Waals surface area contributed by atoms with E-state index in [0.29, 0.717) is 29.4 Å². The van der Waals surface area contributed by atoms with Crippen LogP contribution in [-0.2, 0) is 4.74 Å². The molecule has 2 unspecified atom stereocenters. The van der Waals surface area contributed by atoms with E-state index in [1.807, 2.05) is 4.90 Å². The topological polar surface area (TPSA) is 81.6 Å². The summed E-state index contributed by atoms with van der Waals surface area (Å²) in [5.74, 6) is 0.438. The number of hydrogen-bond acceptors (Lipinski definition) is 4. The Morgan fingerprint density at radius 2 is 1.95 bits per heavy atom. The van der Waals surface area contributed by atoms with Gasteiger partial charge in [-0.15, -0.1) is 0 Å². The largest absolute Gasteiger partial charge is 0.399 e. The molecule has 1 aromatic rings. The lowest BCUT2D eigenvalue weighted by molar-refractivity contribution is -0.00156. The van der Waals surface area contributed by atoms with Crippen molar-refractivity contribution in [1.82, 2.24) is 4.90 Å². The molecule has 1 fully saturated rings. The number of ether oxygens (including phenoxy) is 1. The molecule has 0 aromatic heterocycles. The smallest absolute Gasteiger partial charge is 0.254 e. The third-order valence-corrected chi connectivity index (χ3v) is 3.70. The molecule has 1 amide bonds. The van der Waals surface area contributed by atoms with Crippen molar-refractivity contribution in [2.75, 3.05) is 31.7 Å². The lowest BCUT2D eigenvalue weighted by Crippen LogP contribution is -2.46. The van der Waals surface area contributed by atoms with Gasteiger partial charge in [0.05, 0.1) is 6.10 Å². The Kier molecular flexibility index (Phi) is 3.95. The fraction of sp³-hybridized carbons (Fsp3) is 0.500. The number of rotatable bonds is 2. The van der Waals surface area contributed by atoms with Crippen LogP contribution in [0.5, 0.6) is 0 Å². The molecule has 0 aliphatic carbocycles. The molecule has 2 rings (SSSR count). The van der Waals surface area contributed by atoms with Gasteiger partial charge in [-0.1, -0.05) is 6.92 Å². The second-order valence-corrected chi connectivity index (χ2v) is 5.18. The monoisotopic (exact) mass is 263 g/mol. The quantitative estimate of drug-likeness (QED) is 0.789. The van der Waals surface area contributed by atoms with Crippen molar-refractivity contribution >= 4 is 17.3 Å². The zero-order chi connectivity index (χ0) is 14.0. The Labute approximate surface area is 113 Å². The molecule has 2 atom stereocenters. The van der Waals surface area contributed by atoms with Gasteiger partial charge < -0.3 is 21.1 Å². The van der Waals surface area contributed by atoms with Gasteiger partial charge in [-0.05, 0) is 30.5 Å². The van der Waals surface area contributed by atoms with Crippen LogP contribution >= 0.6 is 0 Å². The van der Waals surface area contributed by atoms with E-state index in [9.17, 15) is 4.79 Å². The summed E-state index contributed by atoms with van der Waals surface area (Å²) in [6.07, 6.45) is 1.04. The lowest BCUT2D eigenvalue weighted by Gasteiger charge is -2.36. The van der Waals surface area contributed by atoms with Crippen molar-refractivity contribution in [2.45, 2.75) is 19.4 Å². The maximum Gasteiger partial charge on any atom is 0.254 e. The highest BCUT2D eigenvalue weighted by Gasteiger charge is 2.29. The second kappa shape index (κ2) is 5.48. The molecular weight excluding hydrogens is 242 g/mol. The number of amides is 1. The van der Waals surface area contributed by atoms with E-state index in [0.717, 1.165) is 13.0 Å². The molecule has 0 radical (unpaired) electrons. The maximum atomic E-state index is 12.4. The van der Waals surface area contributed by atoms with Crippen LogP contribution in [0.15, 0.2) is 18.2 Å². The number of carbonyl (C=O) groups is 1. The zero-order valence-corrected chi connectivity index (χ0v) is 11.4. The van der Waals surface area contributed by atoms with Gasteiger partial charge in [-0.3, -0.25) is 4.79 Å². The van der Waals surface area contributed by atoms with E-state index in [1.54, 1.807) is 25.3 Å². The Morgan fingerprint density at radius 1 is 1.32 bits per heavy atom. The molecule has 4 N–H and O–H groups in total. The summed E-state index contributed by atoms with van der Waals surface area (Å²) in [7, 11) is 1.69. The van der Waals surface area contributed by atoms with Gasteiger partial charge in [-0.2, -0.15) is 0 Å². The van der Waals surface area contributed by atoms with Crippen LogP contribution < -0.4 is 11.5 Å². The van der Waals surface area contributed by atoms with Crippen molar-refractivity contribution in [1.29, 1.82) is 0 Å². The minimum Gasteiger partial charge on any atom is -0.399 e. The highest BCUT2D eigenvalue weighted by atomic mass is 16.5. The summed E-state index contributed by atoms with van der Waals surface area (Å²) in [5, 5.41) is 0. The van der Waals surface area contributed by atoms with Crippen molar-refractivity contribution in [3.05, 3.63) is 23.8 Å². The fourth-order valence-electron chi connectivity index (χ4n) is 2.51. The number of nitrogen functional groups attached to an aromatic ring is 2. The van der Waals surface area contributed by atoms with Crippen molar-refractivity contribution in [3.8, 4) is 0 Å². The van der Waals surface area contributed by atoms with Crippen LogP contribution in [0.1, 0.15) is 23.7 Å². The summed E-state index contributed by atoms with van der Waals surface area (Å²) >= 11 is 0. The molecule has 5 heteroatoms. The molecule has 1 aliphatic rings. The molecule has 1 aliphatic heterocycles. The summed E-state index contributed by atoms with van der Waals surface area (Å²) in [6.45, 7) is 3.51. The molecule has 5 nitrogen and oxygen atoms in total. The molecule has 104 valence electrons. The van der Waals surface area contributed by atoms with E-state index in [1.165, 1.54) is 0 Å². The van der Waals surface area contributed by atoms with Crippen LogP contribution in [-0.4, -0.2) is 37.1 Å².